The minimum absolute atomic E-state index is 0.181. The van der Waals surface area contributed by atoms with E-state index in [0.717, 1.165) is 27.1 Å². The van der Waals surface area contributed by atoms with Crippen LogP contribution in [0.15, 0.2) is 18.3 Å². The number of fused-ring (bicyclic) bond motifs is 1. The van der Waals surface area contributed by atoms with Gasteiger partial charge in [-0.05, 0) is 31.0 Å². The molecular weight excluding hydrogens is 222 g/mol. The first-order valence-corrected chi connectivity index (χ1v) is 5.61. The van der Waals surface area contributed by atoms with Crippen LogP contribution in [0.25, 0.3) is 10.9 Å². The molecule has 2 nitrogen and oxygen atoms in total. The lowest BCUT2D eigenvalue weighted by molar-refractivity contribution is -0.116. The number of hydrogen-bond acceptors (Lipinski definition) is 1. The fourth-order valence-corrected chi connectivity index (χ4v) is 2.32. The number of halogens is 1. The van der Waals surface area contributed by atoms with E-state index in [2.05, 4.69) is 0 Å². The van der Waals surface area contributed by atoms with Crippen molar-refractivity contribution in [3.05, 3.63) is 34.5 Å². The van der Waals surface area contributed by atoms with Gasteiger partial charge in [0.25, 0.3) is 0 Å². The van der Waals surface area contributed by atoms with Crippen molar-refractivity contribution in [2.45, 2.75) is 20.3 Å². The Balaban J connectivity index is 2.72. The average Bonchev–Trinajstić information content (AvgIpc) is 2.49. The smallest absolute Gasteiger partial charge is 0.134 e. The highest BCUT2D eigenvalue weighted by Crippen LogP contribution is 2.29. The average molecular weight is 236 g/mol. The van der Waals surface area contributed by atoms with Crippen LogP contribution in [-0.2, 0) is 18.3 Å². The first-order chi connectivity index (χ1) is 7.50. The maximum atomic E-state index is 11.2. The lowest BCUT2D eigenvalue weighted by Crippen LogP contribution is -1.94. The summed E-state index contributed by atoms with van der Waals surface area (Å²) in [7, 11) is 1.98. The van der Waals surface area contributed by atoms with E-state index < -0.39 is 0 Å². The van der Waals surface area contributed by atoms with Crippen LogP contribution in [0.1, 0.15) is 18.1 Å². The number of ketones is 1. The van der Waals surface area contributed by atoms with E-state index in [1.54, 1.807) is 6.92 Å². The van der Waals surface area contributed by atoms with E-state index in [-0.39, 0.29) is 5.78 Å². The highest BCUT2D eigenvalue weighted by atomic mass is 35.5. The SMILES string of the molecule is CC(=O)Cc1cn(C)c2c(C)c(Cl)ccc12. The molecule has 0 unspecified atom stereocenters. The molecule has 0 fully saturated rings. The molecule has 3 heteroatoms. The van der Waals surface area contributed by atoms with Gasteiger partial charge in [-0.15, -0.1) is 0 Å². The molecular formula is C13H14ClNO. The monoisotopic (exact) mass is 235 g/mol. The number of aromatic nitrogens is 1. The number of nitrogens with zero attached hydrogens (tertiary/aromatic N) is 1. The van der Waals surface area contributed by atoms with Crippen LogP contribution in [0.3, 0.4) is 0 Å². The first kappa shape index (κ1) is 11.2. The zero-order valence-electron chi connectivity index (χ0n) is 9.67. The first-order valence-electron chi connectivity index (χ1n) is 5.23. The summed E-state index contributed by atoms with van der Waals surface area (Å²) in [6.07, 6.45) is 2.49. The van der Waals surface area contributed by atoms with Gasteiger partial charge < -0.3 is 4.57 Å². The summed E-state index contributed by atoms with van der Waals surface area (Å²) in [5.74, 6) is 0.181. The Labute approximate surface area is 99.8 Å². The molecule has 0 aliphatic rings. The summed E-state index contributed by atoms with van der Waals surface area (Å²) in [5.41, 5.74) is 3.25. The summed E-state index contributed by atoms with van der Waals surface area (Å²) < 4.78 is 2.04. The molecule has 2 rings (SSSR count). The summed E-state index contributed by atoms with van der Waals surface area (Å²) in [4.78, 5) is 11.2. The topological polar surface area (TPSA) is 22.0 Å². The Morgan fingerprint density at radius 1 is 1.44 bits per heavy atom. The maximum absolute atomic E-state index is 11.2. The molecule has 0 N–H and O–H groups in total. The van der Waals surface area contributed by atoms with E-state index in [0.29, 0.717) is 6.42 Å². The van der Waals surface area contributed by atoms with Gasteiger partial charge in [0.1, 0.15) is 5.78 Å². The van der Waals surface area contributed by atoms with Gasteiger partial charge in [0.05, 0.1) is 5.52 Å². The van der Waals surface area contributed by atoms with Crippen LogP contribution in [0.5, 0.6) is 0 Å². The van der Waals surface area contributed by atoms with Crippen LogP contribution in [0.4, 0.5) is 0 Å². The van der Waals surface area contributed by atoms with Crippen LogP contribution in [0, 0.1) is 6.92 Å². The second-order valence-electron chi connectivity index (χ2n) is 4.21. The fraction of sp³-hybridized carbons (Fsp3) is 0.308. The van der Waals surface area contributed by atoms with Crippen molar-refractivity contribution in [3.63, 3.8) is 0 Å². The second kappa shape index (κ2) is 3.95. The number of aryl methyl sites for hydroxylation is 2. The summed E-state index contributed by atoms with van der Waals surface area (Å²) in [5, 5.41) is 1.89. The van der Waals surface area contributed by atoms with Gasteiger partial charge in [0.2, 0.25) is 0 Å². The van der Waals surface area contributed by atoms with Gasteiger partial charge >= 0.3 is 0 Å². The van der Waals surface area contributed by atoms with Crippen molar-refractivity contribution < 1.29 is 4.79 Å². The van der Waals surface area contributed by atoms with Gasteiger partial charge in [0.15, 0.2) is 0 Å². The third-order valence-electron chi connectivity index (χ3n) is 2.85. The zero-order valence-corrected chi connectivity index (χ0v) is 10.4. The number of carbonyl (C=O) groups is 1. The standard InChI is InChI=1S/C13H14ClNO/c1-8(16)6-10-7-15(3)13-9(2)12(14)5-4-11(10)13/h4-5,7H,6H2,1-3H3. The molecule has 0 radical (unpaired) electrons. The van der Waals surface area contributed by atoms with Crippen LogP contribution < -0.4 is 0 Å². The molecule has 0 spiro atoms. The maximum Gasteiger partial charge on any atom is 0.134 e. The highest BCUT2D eigenvalue weighted by molar-refractivity contribution is 6.32. The Hall–Kier alpha value is -1.28. The fourth-order valence-electron chi connectivity index (χ4n) is 2.17. The van der Waals surface area contributed by atoms with Crippen molar-refractivity contribution >= 4 is 28.3 Å². The molecule has 16 heavy (non-hydrogen) atoms. The molecule has 0 saturated heterocycles. The van der Waals surface area contributed by atoms with Crippen LogP contribution in [-0.4, -0.2) is 10.4 Å². The predicted molar refractivity (Wildman–Crippen MR) is 67.1 cm³/mol. The number of Topliss-reactive ketones (excluding diaryl/α,β-unsaturated/α-hetero) is 1. The minimum Gasteiger partial charge on any atom is -0.350 e. The Kier molecular flexibility index (Phi) is 2.76. The van der Waals surface area contributed by atoms with Gasteiger partial charge in [-0.3, -0.25) is 4.79 Å². The van der Waals surface area contributed by atoms with E-state index in [1.807, 2.05) is 36.9 Å². The summed E-state index contributed by atoms with van der Waals surface area (Å²) >= 11 is 6.09. The molecule has 1 heterocycles. The van der Waals surface area contributed by atoms with Crippen molar-refractivity contribution in [2.75, 3.05) is 0 Å². The Morgan fingerprint density at radius 2 is 2.12 bits per heavy atom. The molecule has 0 amide bonds. The van der Waals surface area contributed by atoms with Crippen LogP contribution >= 0.6 is 11.6 Å². The third kappa shape index (κ3) is 1.74. The predicted octanol–water partition coefficient (Wildman–Crippen LogP) is 3.27. The molecule has 1 aromatic carbocycles. The number of rotatable bonds is 2. The van der Waals surface area contributed by atoms with Gasteiger partial charge in [-0.2, -0.15) is 0 Å². The third-order valence-corrected chi connectivity index (χ3v) is 3.26. The summed E-state index contributed by atoms with van der Waals surface area (Å²) in [6.45, 7) is 3.61. The van der Waals surface area contributed by atoms with Gasteiger partial charge in [0, 0.05) is 30.1 Å². The second-order valence-corrected chi connectivity index (χ2v) is 4.62. The van der Waals surface area contributed by atoms with E-state index in [4.69, 9.17) is 11.6 Å². The lowest BCUT2D eigenvalue weighted by Gasteiger charge is -2.03. The molecule has 84 valence electrons. The van der Waals surface area contributed by atoms with Crippen LogP contribution in [0.2, 0.25) is 5.02 Å². The zero-order chi connectivity index (χ0) is 11.9. The number of hydrogen-bond donors (Lipinski definition) is 0. The van der Waals surface area contributed by atoms with E-state index >= 15 is 0 Å². The summed E-state index contributed by atoms with van der Waals surface area (Å²) in [6, 6.07) is 3.88. The number of carbonyl (C=O) groups excluding carboxylic acids is 1. The van der Waals surface area contributed by atoms with Crippen molar-refractivity contribution in [1.82, 2.24) is 4.57 Å². The normalized spacial score (nSPS) is 11.0. The lowest BCUT2D eigenvalue weighted by atomic mass is 10.1. The molecule has 0 atom stereocenters. The quantitative estimate of drug-likeness (QED) is 0.783. The van der Waals surface area contributed by atoms with Gasteiger partial charge in [-0.1, -0.05) is 17.7 Å². The minimum atomic E-state index is 0.181. The molecule has 0 saturated carbocycles. The molecule has 2 aromatic rings. The molecule has 0 bridgehead atoms. The molecule has 0 aliphatic carbocycles. The van der Waals surface area contributed by atoms with Crippen molar-refractivity contribution in [3.8, 4) is 0 Å². The molecule has 0 aliphatic heterocycles. The Bertz CT molecular complexity index is 569. The van der Waals surface area contributed by atoms with Gasteiger partial charge in [-0.25, -0.2) is 0 Å². The van der Waals surface area contributed by atoms with E-state index in [9.17, 15) is 4.79 Å². The molecule has 1 aromatic heterocycles. The Morgan fingerprint density at radius 3 is 2.75 bits per heavy atom. The number of benzene rings is 1. The van der Waals surface area contributed by atoms with E-state index in [1.165, 1.54) is 0 Å². The van der Waals surface area contributed by atoms with Crippen molar-refractivity contribution in [1.29, 1.82) is 0 Å². The highest BCUT2D eigenvalue weighted by Gasteiger charge is 2.11. The van der Waals surface area contributed by atoms with Crippen molar-refractivity contribution in [2.24, 2.45) is 7.05 Å². The largest absolute Gasteiger partial charge is 0.350 e.